The molecule has 2 aromatic rings. The third kappa shape index (κ3) is 9.04. The Morgan fingerprint density at radius 2 is 0.867 bits per heavy atom. The van der Waals surface area contributed by atoms with E-state index in [2.05, 4.69) is 0 Å². The molecule has 0 bridgehead atoms. The van der Waals surface area contributed by atoms with Gasteiger partial charge in [0, 0.05) is 5.02 Å². The third-order valence-corrected chi connectivity index (χ3v) is 1.65. The van der Waals surface area contributed by atoms with Gasteiger partial charge in [-0.1, -0.05) is 80.0 Å². The quantitative estimate of drug-likeness (QED) is 0.583. The summed E-state index contributed by atoms with van der Waals surface area (Å²) in [6.45, 7) is 4.00. The van der Waals surface area contributed by atoms with Crippen molar-refractivity contribution < 1.29 is 0 Å². The van der Waals surface area contributed by atoms with Gasteiger partial charge in [-0.3, -0.25) is 0 Å². The molecule has 0 aliphatic carbocycles. The van der Waals surface area contributed by atoms with Crippen molar-refractivity contribution in [3.63, 3.8) is 0 Å². The molecule has 0 aromatic heterocycles. The fourth-order valence-electron chi connectivity index (χ4n) is 0.800. The van der Waals surface area contributed by atoms with Crippen LogP contribution in [-0.4, -0.2) is 0 Å². The molecule has 2 aromatic carbocycles. The Hall–Kier alpha value is -1.27. The summed E-state index contributed by atoms with van der Waals surface area (Å²) in [5.74, 6) is 0. The fourth-order valence-corrected chi connectivity index (χ4v) is 0.945. The molecule has 1 heteroatoms. The summed E-state index contributed by atoms with van der Waals surface area (Å²) in [6, 6.07) is 21.4. The monoisotopic (exact) mass is 220 g/mol. The van der Waals surface area contributed by atoms with Crippen LogP contribution in [0.15, 0.2) is 66.7 Å². The van der Waals surface area contributed by atoms with E-state index in [-0.39, 0.29) is 0 Å². The Kier molecular flexibility index (Phi) is 9.89. The molecule has 0 spiro atoms. The van der Waals surface area contributed by atoms with Gasteiger partial charge in [0.25, 0.3) is 0 Å². The SMILES string of the molecule is CC.Clc1ccccc1.c1ccccc1. The second kappa shape index (κ2) is 10.8. The Balaban J connectivity index is 0.000000227. The highest BCUT2D eigenvalue weighted by Crippen LogP contribution is 2.03. The predicted octanol–water partition coefficient (Wildman–Crippen LogP) is 5.05. The van der Waals surface area contributed by atoms with E-state index in [9.17, 15) is 0 Å². The molecule has 80 valence electrons. The number of hydrogen-bond donors (Lipinski definition) is 0. The van der Waals surface area contributed by atoms with Crippen molar-refractivity contribution in [2.75, 3.05) is 0 Å². The highest BCUT2D eigenvalue weighted by molar-refractivity contribution is 6.30. The highest BCUT2D eigenvalue weighted by atomic mass is 35.5. The predicted molar refractivity (Wildman–Crippen MR) is 69.2 cm³/mol. The van der Waals surface area contributed by atoms with Crippen molar-refractivity contribution in [2.45, 2.75) is 13.8 Å². The lowest BCUT2D eigenvalue weighted by Gasteiger charge is -1.80. The van der Waals surface area contributed by atoms with Crippen LogP contribution in [0.4, 0.5) is 0 Å². The maximum atomic E-state index is 5.54. The van der Waals surface area contributed by atoms with E-state index in [0.717, 1.165) is 5.02 Å². The van der Waals surface area contributed by atoms with Crippen LogP contribution in [0, 0.1) is 0 Å². The summed E-state index contributed by atoms with van der Waals surface area (Å²) in [6.07, 6.45) is 0. The molecule has 0 saturated carbocycles. The van der Waals surface area contributed by atoms with Crippen LogP contribution >= 0.6 is 11.6 Å². The average molecular weight is 221 g/mol. The van der Waals surface area contributed by atoms with Crippen LogP contribution in [0.2, 0.25) is 5.02 Å². The van der Waals surface area contributed by atoms with Gasteiger partial charge in [0.1, 0.15) is 0 Å². The van der Waals surface area contributed by atoms with E-state index in [1.165, 1.54) is 0 Å². The van der Waals surface area contributed by atoms with E-state index in [0.29, 0.717) is 0 Å². The molecule has 0 saturated heterocycles. The van der Waals surface area contributed by atoms with Gasteiger partial charge in [0.2, 0.25) is 0 Å². The van der Waals surface area contributed by atoms with E-state index >= 15 is 0 Å². The molecule has 15 heavy (non-hydrogen) atoms. The van der Waals surface area contributed by atoms with Crippen molar-refractivity contribution >= 4 is 11.6 Å². The lowest BCUT2D eigenvalue weighted by atomic mass is 10.4. The Labute approximate surface area is 97.5 Å². The summed E-state index contributed by atoms with van der Waals surface area (Å²) < 4.78 is 0. The van der Waals surface area contributed by atoms with E-state index in [4.69, 9.17) is 11.6 Å². The Morgan fingerprint density at radius 1 is 0.600 bits per heavy atom. The molecule has 0 amide bonds. The van der Waals surface area contributed by atoms with E-state index in [1.807, 2.05) is 80.6 Å². The number of hydrogen-bond acceptors (Lipinski definition) is 0. The van der Waals surface area contributed by atoms with Gasteiger partial charge in [0.15, 0.2) is 0 Å². The number of rotatable bonds is 0. The zero-order valence-electron chi connectivity index (χ0n) is 9.23. The van der Waals surface area contributed by atoms with Gasteiger partial charge >= 0.3 is 0 Å². The van der Waals surface area contributed by atoms with Crippen molar-refractivity contribution in [3.05, 3.63) is 71.8 Å². The van der Waals surface area contributed by atoms with Crippen LogP contribution in [0.25, 0.3) is 0 Å². The van der Waals surface area contributed by atoms with Crippen LogP contribution in [0.5, 0.6) is 0 Å². The van der Waals surface area contributed by atoms with Crippen molar-refractivity contribution in [1.29, 1.82) is 0 Å². The zero-order chi connectivity index (χ0) is 11.4. The summed E-state index contributed by atoms with van der Waals surface area (Å²) in [5, 5.41) is 0.794. The molecular formula is C14H17Cl. The summed E-state index contributed by atoms with van der Waals surface area (Å²) in [4.78, 5) is 0. The first-order valence-electron chi connectivity index (χ1n) is 5.10. The van der Waals surface area contributed by atoms with Crippen LogP contribution < -0.4 is 0 Å². The molecule has 0 unspecified atom stereocenters. The maximum Gasteiger partial charge on any atom is 0.0405 e. The van der Waals surface area contributed by atoms with Crippen LogP contribution in [0.1, 0.15) is 13.8 Å². The standard InChI is InChI=1S/C6H5Cl.C6H6.C2H6/c7-6-4-2-1-3-5-6;1-2-4-6-5-3-1;1-2/h1-5H;1-6H;1-2H3. The molecule has 0 aliphatic rings. The topological polar surface area (TPSA) is 0 Å². The summed E-state index contributed by atoms with van der Waals surface area (Å²) in [5.41, 5.74) is 0. The Morgan fingerprint density at radius 3 is 1.07 bits per heavy atom. The summed E-state index contributed by atoms with van der Waals surface area (Å²) in [7, 11) is 0. The molecule has 0 atom stereocenters. The first-order chi connectivity index (χ1) is 7.39. The number of benzene rings is 2. The highest BCUT2D eigenvalue weighted by Gasteiger charge is 1.74. The van der Waals surface area contributed by atoms with E-state index < -0.39 is 0 Å². The number of halogens is 1. The molecule has 0 fully saturated rings. The van der Waals surface area contributed by atoms with E-state index in [1.54, 1.807) is 0 Å². The molecule has 0 radical (unpaired) electrons. The lowest BCUT2D eigenvalue weighted by Crippen LogP contribution is -1.55. The minimum atomic E-state index is 0.794. The van der Waals surface area contributed by atoms with Crippen LogP contribution in [-0.2, 0) is 0 Å². The maximum absolute atomic E-state index is 5.54. The normalized spacial score (nSPS) is 7.67. The second-order valence-electron chi connectivity index (χ2n) is 2.45. The van der Waals surface area contributed by atoms with Gasteiger partial charge in [0.05, 0.1) is 0 Å². The lowest BCUT2D eigenvalue weighted by molar-refractivity contribution is 1.50. The van der Waals surface area contributed by atoms with Gasteiger partial charge in [-0.15, -0.1) is 0 Å². The van der Waals surface area contributed by atoms with Crippen molar-refractivity contribution in [3.8, 4) is 0 Å². The smallest absolute Gasteiger partial charge is 0.0405 e. The molecule has 0 N–H and O–H groups in total. The van der Waals surface area contributed by atoms with Gasteiger partial charge in [-0.2, -0.15) is 0 Å². The van der Waals surface area contributed by atoms with Gasteiger partial charge in [-0.05, 0) is 12.1 Å². The molecule has 0 aliphatic heterocycles. The second-order valence-corrected chi connectivity index (χ2v) is 2.89. The zero-order valence-corrected chi connectivity index (χ0v) is 9.98. The molecule has 2 rings (SSSR count). The molecule has 0 nitrogen and oxygen atoms in total. The molecule has 0 heterocycles. The average Bonchev–Trinajstić information content (AvgIpc) is 2.36. The third-order valence-electron chi connectivity index (χ3n) is 1.40. The Bertz CT molecular complexity index is 276. The fraction of sp³-hybridized carbons (Fsp3) is 0.143. The van der Waals surface area contributed by atoms with Crippen LogP contribution in [0.3, 0.4) is 0 Å². The van der Waals surface area contributed by atoms with Gasteiger partial charge < -0.3 is 0 Å². The van der Waals surface area contributed by atoms with Crippen molar-refractivity contribution in [1.82, 2.24) is 0 Å². The summed E-state index contributed by atoms with van der Waals surface area (Å²) >= 11 is 5.54. The minimum Gasteiger partial charge on any atom is -0.0843 e. The minimum absolute atomic E-state index is 0.794. The first-order valence-corrected chi connectivity index (χ1v) is 5.48. The largest absolute Gasteiger partial charge is 0.0843 e. The first kappa shape index (κ1) is 13.7. The molecular weight excluding hydrogens is 204 g/mol. The van der Waals surface area contributed by atoms with Gasteiger partial charge in [-0.25, -0.2) is 0 Å². The van der Waals surface area contributed by atoms with Crippen molar-refractivity contribution in [2.24, 2.45) is 0 Å².